The number of nitrogens with two attached hydrogens (primary N) is 1. The van der Waals surface area contributed by atoms with E-state index in [1.165, 1.54) is 18.4 Å². The molecule has 0 bridgehead atoms. The van der Waals surface area contributed by atoms with E-state index in [2.05, 4.69) is 23.2 Å². The molecule has 0 unspecified atom stereocenters. The Balaban J connectivity index is 1.77. The van der Waals surface area contributed by atoms with E-state index in [1.807, 2.05) is 28.8 Å². The zero-order valence-electron chi connectivity index (χ0n) is 14.5. The number of rotatable bonds is 3. The molecule has 1 aromatic heterocycles. The van der Waals surface area contributed by atoms with E-state index in [0.717, 1.165) is 22.5 Å². The van der Waals surface area contributed by atoms with Gasteiger partial charge in [-0.1, -0.05) is 35.9 Å². The summed E-state index contributed by atoms with van der Waals surface area (Å²) in [6.45, 7) is 0.312. The number of imidazole rings is 1. The number of hydrogen-bond acceptors (Lipinski definition) is 3. The molecule has 5 rings (SSSR count). The van der Waals surface area contributed by atoms with Gasteiger partial charge in [0.25, 0.3) is 5.91 Å². The SMILES string of the molecule is NC(=O)c1ncn2c1CN=C(c1ccccc1Cl)c1cc(C3CC3)ccc1-2. The molecular weight excluding hydrogens is 360 g/mol. The summed E-state index contributed by atoms with van der Waals surface area (Å²) in [4.78, 5) is 20.8. The van der Waals surface area contributed by atoms with Crippen LogP contribution in [-0.2, 0) is 6.54 Å². The van der Waals surface area contributed by atoms with E-state index < -0.39 is 5.91 Å². The van der Waals surface area contributed by atoms with Crippen LogP contribution in [0.3, 0.4) is 0 Å². The van der Waals surface area contributed by atoms with Gasteiger partial charge in [0.1, 0.15) is 6.33 Å². The minimum absolute atomic E-state index is 0.261. The van der Waals surface area contributed by atoms with Gasteiger partial charge in [-0.3, -0.25) is 14.4 Å². The summed E-state index contributed by atoms with van der Waals surface area (Å²) in [5, 5.41) is 0.652. The molecule has 2 heterocycles. The van der Waals surface area contributed by atoms with Crippen molar-refractivity contribution in [3.05, 3.63) is 81.9 Å². The Hall–Kier alpha value is -2.92. The maximum atomic E-state index is 11.8. The zero-order valence-corrected chi connectivity index (χ0v) is 15.3. The largest absolute Gasteiger partial charge is 0.364 e. The first-order chi connectivity index (χ1) is 13.1. The second kappa shape index (κ2) is 6.06. The van der Waals surface area contributed by atoms with E-state index >= 15 is 0 Å². The predicted octanol–water partition coefficient (Wildman–Crippen LogP) is 3.85. The number of hydrogen-bond donors (Lipinski definition) is 1. The normalized spacial score (nSPS) is 15.5. The van der Waals surface area contributed by atoms with Gasteiger partial charge in [0, 0.05) is 16.1 Å². The van der Waals surface area contributed by atoms with Gasteiger partial charge in [0.15, 0.2) is 5.69 Å². The number of aromatic nitrogens is 2. The van der Waals surface area contributed by atoms with Crippen LogP contribution in [0.2, 0.25) is 5.02 Å². The molecule has 0 saturated heterocycles. The van der Waals surface area contributed by atoms with Crippen LogP contribution in [0.1, 0.15) is 51.6 Å². The van der Waals surface area contributed by atoms with Crippen LogP contribution in [0.25, 0.3) is 5.69 Å². The summed E-state index contributed by atoms with van der Waals surface area (Å²) >= 11 is 6.48. The molecular formula is C21H17ClN4O. The molecule has 1 amide bonds. The van der Waals surface area contributed by atoms with Gasteiger partial charge in [-0.25, -0.2) is 4.98 Å². The number of benzene rings is 2. The predicted molar refractivity (Wildman–Crippen MR) is 105 cm³/mol. The third-order valence-corrected chi connectivity index (χ3v) is 5.53. The smallest absolute Gasteiger partial charge is 0.269 e. The summed E-state index contributed by atoms with van der Waals surface area (Å²) in [6.07, 6.45) is 4.09. The molecule has 3 aromatic rings. The highest BCUT2D eigenvalue weighted by molar-refractivity contribution is 6.35. The minimum atomic E-state index is -0.545. The second-order valence-electron chi connectivity index (χ2n) is 6.97. The standard InChI is InChI=1S/C21H17ClN4O/c22-16-4-2-1-3-14(16)19-15-9-13(12-5-6-12)7-8-17(15)26-11-25-20(21(23)27)18(26)10-24-19/h1-4,7-9,11-12H,5-6,10H2,(H2,23,27). The van der Waals surface area contributed by atoms with Crippen molar-refractivity contribution >= 4 is 23.2 Å². The number of primary amides is 1. The van der Waals surface area contributed by atoms with Gasteiger partial charge in [0.05, 0.1) is 23.6 Å². The third kappa shape index (κ3) is 2.66. The molecule has 1 fully saturated rings. The van der Waals surface area contributed by atoms with Crippen molar-refractivity contribution in [2.75, 3.05) is 0 Å². The van der Waals surface area contributed by atoms with Gasteiger partial charge in [-0.05, 0) is 42.5 Å². The second-order valence-corrected chi connectivity index (χ2v) is 7.38. The molecule has 1 saturated carbocycles. The number of aliphatic imine (C=N–C) groups is 1. The highest BCUT2D eigenvalue weighted by Gasteiger charge is 2.28. The van der Waals surface area contributed by atoms with E-state index in [0.29, 0.717) is 23.2 Å². The molecule has 2 aromatic carbocycles. The van der Waals surface area contributed by atoms with E-state index in [9.17, 15) is 4.79 Å². The lowest BCUT2D eigenvalue weighted by Crippen LogP contribution is -2.14. The van der Waals surface area contributed by atoms with Crippen LogP contribution in [0, 0.1) is 0 Å². The summed E-state index contributed by atoms with van der Waals surface area (Å²) in [7, 11) is 0. The summed E-state index contributed by atoms with van der Waals surface area (Å²) < 4.78 is 1.92. The zero-order chi connectivity index (χ0) is 18.5. The van der Waals surface area contributed by atoms with Gasteiger partial charge in [-0.2, -0.15) is 0 Å². The Morgan fingerprint density at radius 3 is 2.70 bits per heavy atom. The van der Waals surface area contributed by atoms with Crippen LogP contribution in [0.4, 0.5) is 0 Å². The maximum absolute atomic E-state index is 11.8. The van der Waals surface area contributed by atoms with E-state index in [-0.39, 0.29) is 5.69 Å². The fourth-order valence-electron chi connectivity index (χ4n) is 3.68. The monoisotopic (exact) mass is 376 g/mol. The van der Waals surface area contributed by atoms with Crippen molar-refractivity contribution < 1.29 is 4.79 Å². The van der Waals surface area contributed by atoms with E-state index in [4.69, 9.17) is 22.3 Å². The number of carbonyl (C=O) groups excluding carboxylic acids is 1. The maximum Gasteiger partial charge on any atom is 0.269 e. The van der Waals surface area contributed by atoms with Crippen LogP contribution < -0.4 is 5.73 Å². The van der Waals surface area contributed by atoms with Crippen molar-refractivity contribution in [1.82, 2.24) is 9.55 Å². The van der Waals surface area contributed by atoms with Crippen LogP contribution in [0.15, 0.2) is 53.8 Å². The number of nitrogens with zero attached hydrogens (tertiary/aromatic N) is 3. The van der Waals surface area contributed by atoms with Crippen LogP contribution in [-0.4, -0.2) is 21.2 Å². The Morgan fingerprint density at radius 1 is 1.15 bits per heavy atom. The minimum Gasteiger partial charge on any atom is -0.364 e. The van der Waals surface area contributed by atoms with Crippen molar-refractivity contribution in [2.45, 2.75) is 25.3 Å². The fourth-order valence-corrected chi connectivity index (χ4v) is 3.91. The van der Waals surface area contributed by atoms with Gasteiger partial charge < -0.3 is 5.73 Å². The molecule has 1 aliphatic carbocycles. The molecule has 0 radical (unpaired) electrons. The van der Waals surface area contributed by atoms with Gasteiger partial charge >= 0.3 is 0 Å². The highest BCUT2D eigenvalue weighted by Crippen LogP contribution is 2.41. The first kappa shape index (κ1) is 16.3. The average molecular weight is 377 g/mol. The fraction of sp³-hybridized carbons (Fsp3) is 0.190. The van der Waals surface area contributed by atoms with Crippen LogP contribution >= 0.6 is 11.6 Å². The average Bonchev–Trinajstić information content (AvgIpc) is 3.45. The lowest BCUT2D eigenvalue weighted by molar-refractivity contribution is 0.0995. The third-order valence-electron chi connectivity index (χ3n) is 5.20. The summed E-state index contributed by atoms with van der Waals surface area (Å²) in [5.74, 6) is 0.0748. The molecule has 2 aliphatic rings. The number of fused-ring (bicyclic) bond motifs is 3. The van der Waals surface area contributed by atoms with Crippen molar-refractivity contribution in [3.63, 3.8) is 0 Å². The summed E-state index contributed by atoms with van der Waals surface area (Å²) in [6, 6.07) is 14.1. The van der Waals surface area contributed by atoms with Gasteiger partial charge in [0.2, 0.25) is 0 Å². The highest BCUT2D eigenvalue weighted by atomic mass is 35.5. The van der Waals surface area contributed by atoms with Crippen molar-refractivity contribution in [1.29, 1.82) is 0 Å². The van der Waals surface area contributed by atoms with E-state index in [1.54, 1.807) is 6.33 Å². The molecule has 6 heteroatoms. The molecule has 134 valence electrons. The molecule has 27 heavy (non-hydrogen) atoms. The van der Waals surface area contributed by atoms with Crippen molar-refractivity contribution in [2.24, 2.45) is 10.7 Å². The Bertz CT molecular complexity index is 1110. The number of amides is 1. The lowest BCUT2D eigenvalue weighted by Gasteiger charge is -2.14. The summed E-state index contributed by atoms with van der Waals surface area (Å²) in [5.41, 5.74) is 11.4. The molecule has 0 atom stereocenters. The molecule has 5 nitrogen and oxygen atoms in total. The number of carbonyl (C=O) groups is 1. The lowest BCUT2D eigenvalue weighted by atomic mass is 9.97. The number of halogens is 1. The Kier molecular flexibility index (Phi) is 3.65. The quantitative estimate of drug-likeness (QED) is 0.753. The Morgan fingerprint density at radius 2 is 1.96 bits per heavy atom. The molecule has 1 aliphatic heterocycles. The first-order valence-electron chi connectivity index (χ1n) is 8.93. The molecule has 0 spiro atoms. The topological polar surface area (TPSA) is 73.3 Å². The first-order valence-corrected chi connectivity index (χ1v) is 9.31. The molecule has 2 N–H and O–H groups in total. The van der Waals surface area contributed by atoms with Crippen molar-refractivity contribution in [3.8, 4) is 5.69 Å². The van der Waals surface area contributed by atoms with Crippen LogP contribution in [0.5, 0.6) is 0 Å². The van der Waals surface area contributed by atoms with Gasteiger partial charge in [-0.15, -0.1) is 0 Å². The Labute approximate surface area is 161 Å².